The van der Waals surface area contributed by atoms with Gasteiger partial charge < -0.3 is 10.1 Å². The minimum absolute atomic E-state index is 0.0618. The number of carbonyl (C=O) groups is 1. The van der Waals surface area contributed by atoms with E-state index >= 15 is 0 Å². The minimum Gasteiger partial charge on any atom is -0.481 e. The van der Waals surface area contributed by atoms with Crippen LogP contribution in [0, 0.1) is 6.92 Å². The first-order valence-electron chi connectivity index (χ1n) is 8.25. The van der Waals surface area contributed by atoms with Gasteiger partial charge in [0.2, 0.25) is 0 Å². The van der Waals surface area contributed by atoms with Gasteiger partial charge in [0.15, 0.2) is 6.10 Å². The van der Waals surface area contributed by atoms with Crippen molar-refractivity contribution in [2.75, 3.05) is 0 Å². The van der Waals surface area contributed by atoms with Crippen molar-refractivity contribution in [3.8, 4) is 5.75 Å². The van der Waals surface area contributed by atoms with Crippen LogP contribution in [0.3, 0.4) is 0 Å². The third-order valence-electron chi connectivity index (χ3n) is 4.36. The van der Waals surface area contributed by atoms with E-state index in [1.807, 2.05) is 37.3 Å². The monoisotopic (exact) mass is 309 g/mol. The van der Waals surface area contributed by atoms with E-state index in [9.17, 15) is 4.79 Å². The summed E-state index contributed by atoms with van der Waals surface area (Å²) in [6.07, 6.45) is 2.68. The summed E-state index contributed by atoms with van der Waals surface area (Å²) in [6, 6.07) is 16.2. The summed E-state index contributed by atoms with van der Waals surface area (Å²) >= 11 is 0. The van der Waals surface area contributed by atoms with E-state index in [0.717, 1.165) is 30.6 Å². The third-order valence-corrected chi connectivity index (χ3v) is 4.36. The Hall–Kier alpha value is -2.29. The quantitative estimate of drug-likeness (QED) is 0.928. The van der Waals surface area contributed by atoms with E-state index in [2.05, 4.69) is 23.5 Å². The van der Waals surface area contributed by atoms with E-state index < -0.39 is 6.10 Å². The zero-order valence-electron chi connectivity index (χ0n) is 13.7. The van der Waals surface area contributed by atoms with Crippen LogP contribution in [0.2, 0.25) is 0 Å². The summed E-state index contributed by atoms with van der Waals surface area (Å²) in [7, 11) is 0. The first-order chi connectivity index (χ1) is 11.1. The number of nitrogens with one attached hydrogen (secondary N) is 1. The van der Waals surface area contributed by atoms with Gasteiger partial charge in [-0.1, -0.05) is 36.4 Å². The molecule has 0 unspecified atom stereocenters. The summed E-state index contributed by atoms with van der Waals surface area (Å²) in [5, 5.41) is 3.15. The van der Waals surface area contributed by atoms with Crippen molar-refractivity contribution in [1.29, 1.82) is 0 Å². The molecule has 0 bridgehead atoms. The van der Waals surface area contributed by atoms with Gasteiger partial charge in [-0.25, -0.2) is 0 Å². The lowest BCUT2D eigenvalue weighted by Gasteiger charge is -2.27. The van der Waals surface area contributed by atoms with E-state index in [-0.39, 0.29) is 11.9 Å². The Morgan fingerprint density at radius 2 is 2.04 bits per heavy atom. The van der Waals surface area contributed by atoms with Crippen molar-refractivity contribution >= 4 is 5.91 Å². The molecule has 3 heteroatoms. The molecule has 0 radical (unpaired) electrons. The molecule has 2 aromatic rings. The second-order valence-electron chi connectivity index (χ2n) is 6.23. The highest BCUT2D eigenvalue weighted by Gasteiger charge is 2.24. The summed E-state index contributed by atoms with van der Waals surface area (Å²) in [6.45, 7) is 3.81. The van der Waals surface area contributed by atoms with E-state index in [1.165, 1.54) is 11.1 Å². The van der Waals surface area contributed by atoms with Gasteiger partial charge in [0.1, 0.15) is 5.75 Å². The minimum atomic E-state index is -0.508. The van der Waals surface area contributed by atoms with Crippen LogP contribution in [0.25, 0.3) is 0 Å². The number of carbonyl (C=O) groups excluding carboxylic acids is 1. The van der Waals surface area contributed by atoms with Crippen LogP contribution in [0.5, 0.6) is 5.75 Å². The SMILES string of the molecule is Cc1cccc(O[C@H](C)C(=O)N[C@H]2CCCc3ccccc32)c1. The molecule has 0 fully saturated rings. The second-order valence-corrected chi connectivity index (χ2v) is 6.23. The topological polar surface area (TPSA) is 38.3 Å². The fraction of sp³-hybridized carbons (Fsp3) is 0.350. The fourth-order valence-electron chi connectivity index (χ4n) is 3.14. The number of amides is 1. The zero-order chi connectivity index (χ0) is 16.2. The highest BCUT2D eigenvalue weighted by molar-refractivity contribution is 5.81. The molecule has 23 heavy (non-hydrogen) atoms. The molecule has 0 aliphatic heterocycles. The molecule has 0 saturated heterocycles. The number of ether oxygens (including phenoxy) is 1. The van der Waals surface area contributed by atoms with Crippen LogP contribution in [0.15, 0.2) is 48.5 Å². The van der Waals surface area contributed by atoms with Crippen molar-refractivity contribution in [2.45, 2.75) is 45.3 Å². The number of benzene rings is 2. The van der Waals surface area contributed by atoms with Gasteiger partial charge in [-0.05, 0) is 61.9 Å². The van der Waals surface area contributed by atoms with Crippen LogP contribution in [-0.2, 0) is 11.2 Å². The molecule has 120 valence electrons. The van der Waals surface area contributed by atoms with Crippen molar-refractivity contribution in [3.63, 3.8) is 0 Å². The van der Waals surface area contributed by atoms with Gasteiger partial charge in [-0.3, -0.25) is 4.79 Å². The number of rotatable bonds is 4. The molecule has 2 atom stereocenters. The second kappa shape index (κ2) is 6.86. The molecule has 1 aliphatic rings. The molecule has 0 heterocycles. The number of fused-ring (bicyclic) bond motifs is 1. The van der Waals surface area contributed by atoms with Crippen LogP contribution in [-0.4, -0.2) is 12.0 Å². The van der Waals surface area contributed by atoms with Gasteiger partial charge in [-0.15, -0.1) is 0 Å². The highest BCUT2D eigenvalue weighted by Crippen LogP contribution is 2.29. The lowest BCUT2D eigenvalue weighted by atomic mass is 9.87. The summed E-state index contributed by atoms with van der Waals surface area (Å²) in [5.74, 6) is 0.671. The summed E-state index contributed by atoms with van der Waals surface area (Å²) in [5.41, 5.74) is 3.71. The van der Waals surface area contributed by atoms with Gasteiger partial charge in [0.05, 0.1) is 6.04 Å². The molecule has 0 aromatic heterocycles. The number of hydrogen-bond acceptors (Lipinski definition) is 2. The third kappa shape index (κ3) is 3.73. The van der Waals surface area contributed by atoms with E-state index in [1.54, 1.807) is 6.92 Å². The molecule has 1 aliphatic carbocycles. The maximum absolute atomic E-state index is 12.5. The number of aryl methyl sites for hydroxylation is 2. The average Bonchev–Trinajstić information content (AvgIpc) is 2.55. The molecular weight excluding hydrogens is 286 g/mol. The molecule has 0 spiro atoms. The largest absolute Gasteiger partial charge is 0.481 e. The first kappa shape index (κ1) is 15.6. The molecule has 3 nitrogen and oxygen atoms in total. The summed E-state index contributed by atoms with van der Waals surface area (Å²) in [4.78, 5) is 12.5. The van der Waals surface area contributed by atoms with Crippen LogP contribution in [0.4, 0.5) is 0 Å². The normalized spacial score (nSPS) is 17.9. The highest BCUT2D eigenvalue weighted by atomic mass is 16.5. The molecule has 2 aromatic carbocycles. The predicted molar refractivity (Wildman–Crippen MR) is 91.5 cm³/mol. The Balaban J connectivity index is 1.65. The molecule has 0 saturated carbocycles. The molecule has 1 N–H and O–H groups in total. The maximum atomic E-state index is 12.5. The van der Waals surface area contributed by atoms with Crippen molar-refractivity contribution in [3.05, 3.63) is 65.2 Å². The first-order valence-corrected chi connectivity index (χ1v) is 8.25. The Morgan fingerprint density at radius 1 is 1.22 bits per heavy atom. The van der Waals surface area contributed by atoms with Gasteiger partial charge in [0.25, 0.3) is 5.91 Å². The molecule has 1 amide bonds. The predicted octanol–water partition coefficient (Wildman–Crippen LogP) is 3.96. The smallest absolute Gasteiger partial charge is 0.261 e. The lowest BCUT2D eigenvalue weighted by molar-refractivity contribution is -0.128. The van der Waals surface area contributed by atoms with Gasteiger partial charge >= 0.3 is 0 Å². The fourth-order valence-corrected chi connectivity index (χ4v) is 3.14. The molecular formula is C20H23NO2. The number of hydrogen-bond donors (Lipinski definition) is 1. The zero-order valence-corrected chi connectivity index (χ0v) is 13.7. The van der Waals surface area contributed by atoms with E-state index in [4.69, 9.17) is 4.74 Å². The van der Waals surface area contributed by atoms with Crippen molar-refractivity contribution < 1.29 is 9.53 Å². The van der Waals surface area contributed by atoms with Gasteiger partial charge in [-0.2, -0.15) is 0 Å². The maximum Gasteiger partial charge on any atom is 0.261 e. The molecule has 3 rings (SSSR count). The van der Waals surface area contributed by atoms with E-state index in [0.29, 0.717) is 0 Å². The Morgan fingerprint density at radius 3 is 2.87 bits per heavy atom. The standard InChI is InChI=1S/C20H23NO2/c1-14-7-5-10-17(13-14)23-15(2)20(22)21-19-12-6-9-16-8-3-4-11-18(16)19/h3-5,7-8,10-11,13,15,19H,6,9,12H2,1-2H3,(H,21,22)/t15-,19+/m1/s1. The van der Waals surface area contributed by atoms with Crippen LogP contribution < -0.4 is 10.1 Å². The van der Waals surface area contributed by atoms with Crippen LogP contribution in [0.1, 0.15) is 42.5 Å². The Bertz CT molecular complexity index is 696. The van der Waals surface area contributed by atoms with Crippen LogP contribution >= 0.6 is 0 Å². The van der Waals surface area contributed by atoms with Crippen molar-refractivity contribution in [2.24, 2.45) is 0 Å². The Kier molecular flexibility index (Phi) is 4.65. The summed E-state index contributed by atoms with van der Waals surface area (Å²) < 4.78 is 5.77. The average molecular weight is 309 g/mol. The van der Waals surface area contributed by atoms with Gasteiger partial charge in [0, 0.05) is 0 Å². The lowest BCUT2D eigenvalue weighted by Crippen LogP contribution is -2.39. The van der Waals surface area contributed by atoms with Crippen molar-refractivity contribution in [1.82, 2.24) is 5.32 Å². The Labute approximate surface area is 137 Å².